The molecule has 1 heteroatoms. The van der Waals surface area contributed by atoms with Gasteiger partial charge in [0.2, 0.25) is 0 Å². The molecule has 0 aromatic heterocycles. The molecule has 1 nitrogen and oxygen atoms in total. The summed E-state index contributed by atoms with van der Waals surface area (Å²) in [6.07, 6.45) is 7.86. The van der Waals surface area contributed by atoms with Crippen LogP contribution in [-0.2, 0) is 6.42 Å². The van der Waals surface area contributed by atoms with Gasteiger partial charge in [0.25, 0.3) is 0 Å². The van der Waals surface area contributed by atoms with E-state index in [0.29, 0.717) is 6.04 Å². The summed E-state index contributed by atoms with van der Waals surface area (Å²) in [5, 5.41) is 0. The van der Waals surface area contributed by atoms with Crippen molar-refractivity contribution in [1.82, 2.24) is 0 Å². The quantitative estimate of drug-likeness (QED) is 0.838. The molecule has 3 atom stereocenters. The van der Waals surface area contributed by atoms with E-state index in [9.17, 15) is 0 Å². The second-order valence-electron chi connectivity index (χ2n) is 5.55. The van der Waals surface area contributed by atoms with Gasteiger partial charge in [-0.15, -0.1) is 0 Å². The van der Waals surface area contributed by atoms with Crippen molar-refractivity contribution in [3.8, 4) is 0 Å². The van der Waals surface area contributed by atoms with Crippen molar-refractivity contribution in [3.63, 3.8) is 0 Å². The Kier molecular flexibility index (Phi) is 4.61. The first-order valence-electron chi connectivity index (χ1n) is 7.09. The van der Waals surface area contributed by atoms with Crippen LogP contribution in [0.5, 0.6) is 0 Å². The molecular weight excluding hydrogens is 206 g/mol. The third-order valence-electron chi connectivity index (χ3n) is 4.32. The zero-order valence-corrected chi connectivity index (χ0v) is 10.9. The van der Waals surface area contributed by atoms with Crippen LogP contribution in [0.3, 0.4) is 0 Å². The fourth-order valence-corrected chi connectivity index (χ4v) is 3.15. The fraction of sp³-hybridized carbons (Fsp3) is 0.625. The lowest BCUT2D eigenvalue weighted by molar-refractivity contribution is 0.228. The molecule has 0 bridgehead atoms. The summed E-state index contributed by atoms with van der Waals surface area (Å²) in [7, 11) is 0. The van der Waals surface area contributed by atoms with E-state index in [0.717, 1.165) is 18.3 Å². The fourth-order valence-electron chi connectivity index (χ4n) is 3.15. The molecule has 0 spiro atoms. The Hall–Kier alpha value is -0.820. The number of hydrogen-bond donors (Lipinski definition) is 1. The second kappa shape index (κ2) is 6.20. The van der Waals surface area contributed by atoms with Crippen LogP contribution in [0.4, 0.5) is 0 Å². The SMILES string of the molecule is CCC1CCCC(C(N)Cc2ccccc2)C1. The molecule has 0 heterocycles. The van der Waals surface area contributed by atoms with E-state index in [2.05, 4.69) is 37.3 Å². The largest absolute Gasteiger partial charge is 0.327 e. The van der Waals surface area contributed by atoms with Crippen LogP contribution >= 0.6 is 0 Å². The first-order chi connectivity index (χ1) is 8.29. The lowest BCUT2D eigenvalue weighted by Crippen LogP contribution is -2.35. The maximum atomic E-state index is 6.40. The molecule has 1 aromatic rings. The van der Waals surface area contributed by atoms with E-state index in [1.807, 2.05) is 0 Å². The minimum Gasteiger partial charge on any atom is -0.327 e. The molecule has 17 heavy (non-hydrogen) atoms. The Balaban J connectivity index is 1.89. The smallest absolute Gasteiger partial charge is 0.0108 e. The van der Waals surface area contributed by atoms with E-state index >= 15 is 0 Å². The maximum Gasteiger partial charge on any atom is 0.0108 e. The highest BCUT2D eigenvalue weighted by Crippen LogP contribution is 2.33. The molecule has 2 N–H and O–H groups in total. The number of hydrogen-bond acceptors (Lipinski definition) is 1. The maximum absolute atomic E-state index is 6.40. The van der Waals surface area contributed by atoms with Gasteiger partial charge in [-0.2, -0.15) is 0 Å². The molecule has 0 radical (unpaired) electrons. The van der Waals surface area contributed by atoms with Crippen LogP contribution in [-0.4, -0.2) is 6.04 Å². The zero-order valence-electron chi connectivity index (χ0n) is 10.9. The third-order valence-corrected chi connectivity index (χ3v) is 4.32. The Morgan fingerprint density at radius 3 is 2.71 bits per heavy atom. The molecule has 0 amide bonds. The van der Waals surface area contributed by atoms with Crippen molar-refractivity contribution >= 4 is 0 Å². The zero-order chi connectivity index (χ0) is 12.1. The summed E-state index contributed by atoms with van der Waals surface area (Å²) in [5.41, 5.74) is 7.78. The van der Waals surface area contributed by atoms with Crippen molar-refractivity contribution in [2.24, 2.45) is 17.6 Å². The molecule has 1 aliphatic carbocycles. The Labute approximate surface area is 105 Å². The van der Waals surface area contributed by atoms with Gasteiger partial charge in [0.15, 0.2) is 0 Å². The summed E-state index contributed by atoms with van der Waals surface area (Å²) >= 11 is 0. The van der Waals surface area contributed by atoms with Gasteiger partial charge >= 0.3 is 0 Å². The number of nitrogens with two attached hydrogens (primary N) is 1. The second-order valence-corrected chi connectivity index (χ2v) is 5.55. The van der Waals surface area contributed by atoms with E-state index in [-0.39, 0.29) is 0 Å². The lowest BCUT2D eigenvalue weighted by Gasteiger charge is -2.32. The minimum atomic E-state index is 0.353. The molecule has 0 aliphatic heterocycles. The van der Waals surface area contributed by atoms with Gasteiger partial charge < -0.3 is 5.73 Å². The van der Waals surface area contributed by atoms with Crippen molar-refractivity contribution in [3.05, 3.63) is 35.9 Å². The predicted octanol–water partition coefficient (Wildman–Crippen LogP) is 3.77. The Bertz CT molecular complexity index is 320. The van der Waals surface area contributed by atoms with Gasteiger partial charge in [-0.3, -0.25) is 0 Å². The monoisotopic (exact) mass is 231 g/mol. The topological polar surface area (TPSA) is 26.0 Å². The lowest BCUT2D eigenvalue weighted by atomic mass is 9.76. The van der Waals surface area contributed by atoms with Crippen LogP contribution in [0.15, 0.2) is 30.3 Å². The van der Waals surface area contributed by atoms with Crippen LogP contribution in [0.25, 0.3) is 0 Å². The molecule has 1 aromatic carbocycles. The molecule has 1 fully saturated rings. The third kappa shape index (κ3) is 3.57. The van der Waals surface area contributed by atoms with Crippen molar-refractivity contribution < 1.29 is 0 Å². The summed E-state index contributed by atoms with van der Waals surface area (Å²) in [6.45, 7) is 2.32. The van der Waals surface area contributed by atoms with E-state index in [1.54, 1.807) is 0 Å². The average molecular weight is 231 g/mol. The van der Waals surface area contributed by atoms with Gasteiger partial charge in [0.1, 0.15) is 0 Å². The summed E-state index contributed by atoms with van der Waals surface area (Å²) in [4.78, 5) is 0. The molecular formula is C16H25N. The molecule has 1 aliphatic rings. The molecule has 94 valence electrons. The first-order valence-corrected chi connectivity index (χ1v) is 7.09. The Morgan fingerprint density at radius 1 is 1.24 bits per heavy atom. The van der Waals surface area contributed by atoms with Crippen molar-refractivity contribution in [2.45, 2.75) is 51.5 Å². The Morgan fingerprint density at radius 2 is 2.00 bits per heavy atom. The highest BCUT2D eigenvalue weighted by atomic mass is 14.7. The van der Waals surface area contributed by atoms with Crippen LogP contribution in [0.1, 0.15) is 44.6 Å². The first kappa shape index (κ1) is 12.6. The summed E-state index contributed by atoms with van der Waals surface area (Å²) in [5.74, 6) is 1.67. The van der Waals surface area contributed by atoms with E-state index < -0.39 is 0 Å². The van der Waals surface area contributed by atoms with Crippen LogP contribution < -0.4 is 5.73 Å². The van der Waals surface area contributed by atoms with Crippen molar-refractivity contribution in [1.29, 1.82) is 0 Å². The van der Waals surface area contributed by atoms with Gasteiger partial charge in [-0.25, -0.2) is 0 Å². The standard InChI is InChI=1S/C16H25N/c1-2-13-9-6-10-15(11-13)16(17)12-14-7-4-3-5-8-14/h3-5,7-8,13,15-16H,2,6,9-12,17H2,1H3. The molecule has 1 saturated carbocycles. The summed E-state index contributed by atoms with van der Waals surface area (Å²) in [6, 6.07) is 11.0. The van der Waals surface area contributed by atoms with Gasteiger partial charge in [0.05, 0.1) is 0 Å². The van der Waals surface area contributed by atoms with Crippen LogP contribution in [0, 0.1) is 11.8 Å². The van der Waals surface area contributed by atoms with Crippen LogP contribution in [0.2, 0.25) is 0 Å². The van der Waals surface area contributed by atoms with Gasteiger partial charge in [0, 0.05) is 6.04 Å². The molecule has 2 rings (SSSR count). The predicted molar refractivity (Wildman–Crippen MR) is 73.9 cm³/mol. The molecule has 3 unspecified atom stereocenters. The van der Waals surface area contributed by atoms with Gasteiger partial charge in [-0.1, -0.05) is 56.5 Å². The average Bonchev–Trinajstić information content (AvgIpc) is 2.40. The highest BCUT2D eigenvalue weighted by Gasteiger charge is 2.25. The van der Waals surface area contributed by atoms with Gasteiger partial charge in [-0.05, 0) is 36.7 Å². The van der Waals surface area contributed by atoms with E-state index in [4.69, 9.17) is 5.73 Å². The highest BCUT2D eigenvalue weighted by molar-refractivity contribution is 5.16. The normalized spacial score (nSPS) is 26.7. The minimum absolute atomic E-state index is 0.353. The number of rotatable bonds is 4. The molecule has 0 saturated heterocycles. The summed E-state index contributed by atoms with van der Waals surface area (Å²) < 4.78 is 0. The van der Waals surface area contributed by atoms with Crippen molar-refractivity contribution in [2.75, 3.05) is 0 Å². The number of benzene rings is 1. The van der Waals surface area contributed by atoms with E-state index in [1.165, 1.54) is 37.7 Å².